The van der Waals surface area contributed by atoms with Gasteiger partial charge in [-0.3, -0.25) is 4.79 Å². The van der Waals surface area contributed by atoms with E-state index in [1.54, 1.807) is 6.07 Å². The molecule has 1 amide bonds. The summed E-state index contributed by atoms with van der Waals surface area (Å²) in [6.07, 6.45) is 3.77. The summed E-state index contributed by atoms with van der Waals surface area (Å²) in [6.45, 7) is 4.99. The van der Waals surface area contributed by atoms with Gasteiger partial charge in [-0.15, -0.1) is 0 Å². The van der Waals surface area contributed by atoms with Crippen molar-refractivity contribution in [2.45, 2.75) is 26.2 Å². The fourth-order valence-electron chi connectivity index (χ4n) is 3.44. The first-order chi connectivity index (χ1) is 9.59. The molecule has 1 spiro atoms. The van der Waals surface area contributed by atoms with Gasteiger partial charge in [0.15, 0.2) is 0 Å². The van der Waals surface area contributed by atoms with E-state index in [4.69, 9.17) is 11.6 Å². The fourth-order valence-corrected chi connectivity index (χ4v) is 3.73. The lowest BCUT2D eigenvalue weighted by Crippen LogP contribution is -2.32. The Morgan fingerprint density at radius 2 is 2.15 bits per heavy atom. The van der Waals surface area contributed by atoms with Gasteiger partial charge in [0, 0.05) is 17.1 Å². The van der Waals surface area contributed by atoms with Gasteiger partial charge in [-0.05, 0) is 74.4 Å². The molecular formula is C16H21ClN2O. The number of hydrogen-bond donors (Lipinski definition) is 2. The number of halogens is 1. The highest BCUT2D eigenvalue weighted by molar-refractivity contribution is 6.31. The standard InChI is InChI=1S/C16H21ClN2O/c1-11-6-12(8-14(17)7-11)15(20)19-10-13-9-16(13)2-4-18-5-3-16/h6-8,13,18H,2-5,9-10H2,1H3,(H,19,20). The van der Waals surface area contributed by atoms with E-state index in [0.29, 0.717) is 21.9 Å². The highest BCUT2D eigenvalue weighted by Crippen LogP contribution is 2.58. The first kappa shape index (κ1) is 13.9. The van der Waals surface area contributed by atoms with Crippen LogP contribution in [0.4, 0.5) is 0 Å². The average molecular weight is 293 g/mol. The maximum Gasteiger partial charge on any atom is 0.251 e. The van der Waals surface area contributed by atoms with Gasteiger partial charge in [0.05, 0.1) is 0 Å². The number of carbonyl (C=O) groups excluding carboxylic acids is 1. The number of aryl methyl sites for hydroxylation is 1. The van der Waals surface area contributed by atoms with E-state index in [9.17, 15) is 4.79 Å². The van der Waals surface area contributed by atoms with Gasteiger partial charge in [-0.25, -0.2) is 0 Å². The predicted molar refractivity (Wildman–Crippen MR) is 81.2 cm³/mol. The van der Waals surface area contributed by atoms with E-state index >= 15 is 0 Å². The van der Waals surface area contributed by atoms with Crippen LogP contribution in [0.1, 0.15) is 35.2 Å². The van der Waals surface area contributed by atoms with Crippen LogP contribution < -0.4 is 10.6 Å². The van der Waals surface area contributed by atoms with Crippen LogP contribution in [0.3, 0.4) is 0 Å². The van der Waals surface area contributed by atoms with E-state index < -0.39 is 0 Å². The molecular weight excluding hydrogens is 272 g/mol. The van der Waals surface area contributed by atoms with Gasteiger partial charge in [-0.2, -0.15) is 0 Å². The van der Waals surface area contributed by atoms with Crippen molar-refractivity contribution >= 4 is 17.5 Å². The van der Waals surface area contributed by atoms with Crippen LogP contribution in [0.2, 0.25) is 5.02 Å². The molecule has 0 aromatic heterocycles. The van der Waals surface area contributed by atoms with Crippen LogP contribution in [0.15, 0.2) is 18.2 Å². The second kappa shape index (κ2) is 5.38. The summed E-state index contributed by atoms with van der Waals surface area (Å²) in [5.74, 6) is 0.653. The van der Waals surface area contributed by atoms with Crippen molar-refractivity contribution in [2.24, 2.45) is 11.3 Å². The van der Waals surface area contributed by atoms with Crippen molar-refractivity contribution in [3.05, 3.63) is 34.3 Å². The topological polar surface area (TPSA) is 41.1 Å². The van der Waals surface area contributed by atoms with E-state index in [2.05, 4.69) is 10.6 Å². The summed E-state index contributed by atoms with van der Waals surface area (Å²) < 4.78 is 0. The molecule has 1 heterocycles. The summed E-state index contributed by atoms with van der Waals surface area (Å²) in [7, 11) is 0. The lowest BCUT2D eigenvalue weighted by molar-refractivity contribution is 0.0949. The van der Waals surface area contributed by atoms with Crippen molar-refractivity contribution in [2.75, 3.05) is 19.6 Å². The summed E-state index contributed by atoms with van der Waals surface area (Å²) in [5.41, 5.74) is 2.20. The molecule has 1 aliphatic carbocycles. The zero-order valence-corrected chi connectivity index (χ0v) is 12.6. The molecule has 1 saturated heterocycles. The van der Waals surface area contributed by atoms with Crippen molar-refractivity contribution in [1.82, 2.24) is 10.6 Å². The number of carbonyl (C=O) groups is 1. The van der Waals surface area contributed by atoms with E-state index in [-0.39, 0.29) is 5.91 Å². The van der Waals surface area contributed by atoms with Gasteiger partial charge >= 0.3 is 0 Å². The monoisotopic (exact) mass is 292 g/mol. The molecule has 0 radical (unpaired) electrons. The smallest absolute Gasteiger partial charge is 0.251 e. The molecule has 1 atom stereocenters. The largest absolute Gasteiger partial charge is 0.352 e. The second-order valence-electron chi connectivity index (χ2n) is 6.24. The first-order valence-electron chi connectivity index (χ1n) is 7.35. The number of amides is 1. The molecule has 1 saturated carbocycles. The number of benzene rings is 1. The SMILES string of the molecule is Cc1cc(Cl)cc(C(=O)NCC2CC23CCNCC3)c1. The maximum atomic E-state index is 12.2. The molecule has 108 valence electrons. The summed E-state index contributed by atoms with van der Waals surface area (Å²) in [4.78, 5) is 12.2. The molecule has 1 unspecified atom stereocenters. The zero-order chi connectivity index (χ0) is 14.2. The van der Waals surface area contributed by atoms with Crippen LogP contribution >= 0.6 is 11.6 Å². The summed E-state index contributed by atoms with van der Waals surface area (Å²) in [5, 5.41) is 7.09. The molecule has 3 rings (SSSR count). The highest BCUT2D eigenvalue weighted by Gasteiger charge is 2.53. The minimum absolute atomic E-state index is 0.00779. The Kier molecular flexibility index (Phi) is 3.74. The Morgan fingerprint density at radius 3 is 2.85 bits per heavy atom. The molecule has 4 heteroatoms. The number of nitrogens with one attached hydrogen (secondary N) is 2. The van der Waals surface area contributed by atoms with Gasteiger partial charge < -0.3 is 10.6 Å². The lowest BCUT2D eigenvalue weighted by Gasteiger charge is -2.23. The average Bonchev–Trinajstić information content (AvgIpc) is 3.08. The predicted octanol–water partition coefficient (Wildman–Crippen LogP) is 2.77. The van der Waals surface area contributed by atoms with Crippen molar-refractivity contribution in [3.8, 4) is 0 Å². The minimum Gasteiger partial charge on any atom is -0.352 e. The molecule has 2 fully saturated rings. The zero-order valence-electron chi connectivity index (χ0n) is 11.8. The Bertz CT molecular complexity index is 503. The van der Waals surface area contributed by atoms with Crippen LogP contribution in [-0.2, 0) is 0 Å². The van der Waals surface area contributed by atoms with Crippen molar-refractivity contribution in [1.29, 1.82) is 0 Å². The van der Waals surface area contributed by atoms with Crippen LogP contribution in [0.25, 0.3) is 0 Å². The maximum absolute atomic E-state index is 12.2. The highest BCUT2D eigenvalue weighted by atomic mass is 35.5. The van der Waals surface area contributed by atoms with Crippen molar-refractivity contribution < 1.29 is 4.79 Å². The quantitative estimate of drug-likeness (QED) is 0.899. The normalized spacial score (nSPS) is 23.6. The van der Waals surface area contributed by atoms with Crippen LogP contribution in [0, 0.1) is 18.3 Å². The Labute approximate surface area is 125 Å². The van der Waals surface area contributed by atoms with Gasteiger partial charge in [0.2, 0.25) is 0 Å². The van der Waals surface area contributed by atoms with E-state index in [0.717, 1.165) is 25.2 Å². The van der Waals surface area contributed by atoms with E-state index in [1.165, 1.54) is 19.3 Å². The Morgan fingerprint density at radius 1 is 1.40 bits per heavy atom. The summed E-state index contributed by atoms with van der Waals surface area (Å²) >= 11 is 6.00. The number of piperidine rings is 1. The third kappa shape index (κ3) is 2.84. The molecule has 2 N–H and O–H groups in total. The Balaban J connectivity index is 1.55. The fraction of sp³-hybridized carbons (Fsp3) is 0.562. The Hall–Kier alpha value is -1.06. The summed E-state index contributed by atoms with van der Waals surface area (Å²) in [6, 6.07) is 5.48. The first-order valence-corrected chi connectivity index (χ1v) is 7.73. The molecule has 20 heavy (non-hydrogen) atoms. The van der Waals surface area contributed by atoms with E-state index in [1.807, 2.05) is 19.1 Å². The molecule has 1 aromatic carbocycles. The van der Waals surface area contributed by atoms with Crippen LogP contribution in [0.5, 0.6) is 0 Å². The minimum atomic E-state index is -0.00779. The van der Waals surface area contributed by atoms with Crippen molar-refractivity contribution in [3.63, 3.8) is 0 Å². The van der Waals surface area contributed by atoms with Gasteiger partial charge in [0.25, 0.3) is 5.91 Å². The molecule has 1 aliphatic heterocycles. The third-order valence-corrected chi connectivity index (χ3v) is 4.99. The molecule has 3 nitrogen and oxygen atoms in total. The van der Waals surface area contributed by atoms with Gasteiger partial charge in [0.1, 0.15) is 0 Å². The number of rotatable bonds is 3. The van der Waals surface area contributed by atoms with Crippen LogP contribution in [-0.4, -0.2) is 25.5 Å². The lowest BCUT2D eigenvalue weighted by atomic mass is 9.92. The molecule has 2 aliphatic rings. The van der Waals surface area contributed by atoms with Gasteiger partial charge in [-0.1, -0.05) is 11.6 Å². The molecule has 0 bridgehead atoms. The third-order valence-electron chi connectivity index (χ3n) is 4.77. The number of hydrogen-bond acceptors (Lipinski definition) is 2. The molecule has 1 aromatic rings. The second-order valence-corrected chi connectivity index (χ2v) is 6.68.